The first-order chi connectivity index (χ1) is 15.4. The third-order valence-corrected chi connectivity index (χ3v) is 5.69. The van der Waals surface area contributed by atoms with Crippen LogP contribution in [0.1, 0.15) is 43.0 Å². The second-order valence-corrected chi connectivity index (χ2v) is 7.93. The Labute approximate surface area is 193 Å². The number of nitrogens with one attached hydrogen (secondary N) is 1. The van der Waals surface area contributed by atoms with Gasteiger partial charge in [-0.15, -0.1) is 0 Å². The zero-order valence-electron chi connectivity index (χ0n) is 18.9. The molecule has 2 amide bonds. The zero-order valence-corrected chi connectivity index (χ0v) is 19.6. The van der Waals surface area contributed by atoms with Crippen molar-refractivity contribution in [3.05, 3.63) is 52.0 Å². The van der Waals surface area contributed by atoms with Crippen LogP contribution in [0.4, 0.5) is 10.5 Å². The van der Waals surface area contributed by atoms with Crippen molar-refractivity contribution in [2.75, 3.05) is 32.2 Å². The molecule has 0 bridgehead atoms. The molecule has 0 fully saturated rings. The monoisotopic (exact) mass is 460 g/mol. The van der Waals surface area contributed by atoms with E-state index in [4.69, 9.17) is 25.8 Å². The summed E-state index contributed by atoms with van der Waals surface area (Å²) >= 11 is 6.11. The van der Waals surface area contributed by atoms with E-state index in [1.165, 1.54) is 7.11 Å². The summed E-state index contributed by atoms with van der Waals surface area (Å²) in [5.74, 6) is 0.861. The number of aryl methyl sites for hydroxylation is 1. The number of ether oxygens (including phenoxy) is 3. The number of rotatable bonds is 7. The van der Waals surface area contributed by atoms with Crippen LogP contribution in [-0.4, -0.2) is 43.8 Å². The molecule has 8 heteroatoms. The number of halogens is 1. The summed E-state index contributed by atoms with van der Waals surface area (Å²) < 4.78 is 16.4. The van der Waals surface area contributed by atoms with E-state index in [1.807, 2.05) is 39.0 Å². The number of methoxy groups -OCH3 is 1. The molecule has 1 aliphatic heterocycles. The summed E-state index contributed by atoms with van der Waals surface area (Å²) in [5.41, 5.74) is 3.40. The Morgan fingerprint density at radius 3 is 2.47 bits per heavy atom. The molecular weight excluding hydrogens is 432 g/mol. The third-order valence-electron chi connectivity index (χ3n) is 5.45. The standard InChI is InChI=1S/C24H29ClN2O5/c1-5-31-21-11-16-9-10-27(24(29)26-19-12-17(25)8-7-15(19)3)20(14-23(28)30-4)18(16)13-22(21)32-6-2/h7-8,11-13,20H,5-6,9-10,14H2,1-4H3,(H,26,29)/t20-/m1/s1. The lowest BCUT2D eigenvalue weighted by molar-refractivity contribution is -0.141. The van der Waals surface area contributed by atoms with Crippen molar-refractivity contribution in [2.45, 2.75) is 39.7 Å². The molecule has 0 unspecified atom stereocenters. The molecule has 1 N–H and O–H groups in total. The number of carbonyl (C=O) groups is 2. The van der Waals surface area contributed by atoms with Crippen molar-refractivity contribution in [1.82, 2.24) is 4.90 Å². The summed E-state index contributed by atoms with van der Waals surface area (Å²) in [5, 5.41) is 3.47. The van der Waals surface area contributed by atoms with Crippen molar-refractivity contribution >= 4 is 29.3 Å². The van der Waals surface area contributed by atoms with Gasteiger partial charge < -0.3 is 24.4 Å². The van der Waals surface area contributed by atoms with Crippen LogP contribution in [0.5, 0.6) is 11.5 Å². The van der Waals surface area contributed by atoms with Crippen LogP contribution in [0.2, 0.25) is 5.02 Å². The molecule has 0 spiro atoms. The number of urea groups is 1. The first-order valence-electron chi connectivity index (χ1n) is 10.7. The number of anilines is 1. The highest BCUT2D eigenvalue weighted by Crippen LogP contribution is 2.40. The molecule has 0 radical (unpaired) electrons. The van der Waals surface area contributed by atoms with Gasteiger partial charge in [0.25, 0.3) is 0 Å². The highest BCUT2D eigenvalue weighted by Gasteiger charge is 2.34. The maximum atomic E-state index is 13.3. The van der Waals surface area contributed by atoms with Gasteiger partial charge in [0.05, 0.1) is 32.8 Å². The summed E-state index contributed by atoms with van der Waals surface area (Å²) in [4.78, 5) is 27.2. The van der Waals surface area contributed by atoms with E-state index in [-0.39, 0.29) is 12.5 Å². The highest BCUT2D eigenvalue weighted by molar-refractivity contribution is 6.31. The van der Waals surface area contributed by atoms with E-state index in [0.717, 1.165) is 16.7 Å². The average molecular weight is 461 g/mol. The van der Waals surface area contributed by atoms with Crippen LogP contribution >= 0.6 is 11.6 Å². The summed E-state index contributed by atoms with van der Waals surface area (Å²) in [6.45, 7) is 7.14. The van der Waals surface area contributed by atoms with Gasteiger partial charge in [-0.3, -0.25) is 4.79 Å². The van der Waals surface area contributed by atoms with Crippen molar-refractivity contribution in [3.8, 4) is 11.5 Å². The Kier molecular flexibility index (Phi) is 7.85. The molecule has 7 nitrogen and oxygen atoms in total. The van der Waals surface area contributed by atoms with E-state index in [1.54, 1.807) is 17.0 Å². The zero-order chi connectivity index (χ0) is 23.3. The van der Waals surface area contributed by atoms with Crippen LogP contribution in [0.25, 0.3) is 0 Å². The van der Waals surface area contributed by atoms with Gasteiger partial charge >= 0.3 is 12.0 Å². The van der Waals surface area contributed by atoms with Crippen LogP contribution in [0, 0.1) is 6.92 Å². The molecule has 32 heavy (non-hydrogen) atoms. The van der Waals surface area contributed by atoms with E-state index < -0.39 is 12.0 Å². The van der Waals surface area contributed by atoms with Crippen LogP contribution in [0.15, 0.2) is 30.3 Å². The number of carbonyl (C=O) groups excluding carboxylic acids is 2. The average Bonchev–Trinajstić information content (AvgIpc) is 2.77. The molecule has 172 valence electrons. The lowest BCUT2D eigenvalue weighted by atomic mass is 9.90. The van der Waals surface area contributed by atoms with Crippen LogP contribution in [-0.2, 0) is 16.0 Å². The second-order valence-electron chi connectivity index (χ2n) is 7.49. The second kappa shape index (κ2) is 10.6. The molecule has 1 atom stereocenters. The Balaban J connectivity index is 1.97. The molecule has 1 aliphatic rings. The highest BCUT2D eigenvalue weighted by atomic mass is 35.5. The normalized spacial score (nSPS) is 15.0. The fourth-order valence-electron chi connectivity index (χ4n) is 3.87. The molecule has 1 heterocycles. The first kappa shape index (κ1) is 23.7. The Morgan fingerprint density at radius 2 is 1.81 bits per heavy atom. The molecule has 2 aromatic carbocycles. The third kappa shape index (κ3) is 5.27. The number of esters is 1. The largest absolute Gasteiger partial charge is 0.490 e. The van der Waals surface area contributed by atoms with E-state index in [2.05, 4.69) is 5.32 Å². The minimum absolute atomic E-state index is 0.0327. The SMILES string of the molecule is CCOc1cc2c(cc1OCC)[C@@H](CC(=O)OC)N(C(=O)Nc1cc(Cl)ccc1C)CC2. The van der Waals surface area contributed by atoms with Gasteiger partial charge in [-0.2, -0.15) is 0 Å². The lowest BCUT2D eigenvalue weighted by Gasteiger charge is -2.37. The van der Waals surface area contributed by atoms with Gasteiger partial charge in [-0.05, 0) is 68.1 Å². The van der Waals surface area contributed by atoms with Crippen molar-refractivity contribution in [3.63, 3.8) is 0 Å². The lowest BCUT2D eigenvalue weighted by Crippen LogP contribution is -2.43. The number of hydrogen-bond donors (Lipinski definition) is 1. The van der Waals surface area contributed by atoms with Crippen LogP contribution < -0.4 is 14.8 Å². The van der Waals surface area contributed by atoms with Gasteiger partial charge in [-0.1, -0.05) is 17.7 Å². The minimum atomic E-state index is -0.499. The van der Waals surface area contributed by atoms with Gasteiger partial charge in [0.1, 0.15) is 0 Å². The van der Waals surface area contributed by atoms with Crippen molar-refractivity contribution in [2.24, 2.45) is 0 Å². The maximum absolute atomic E-state index is 13.3. The fraction of sp³-hybridized carbons (Fsp3) is 0.417. The van der Waals surface area contributed by atoms with Gasteiger partial charge in [0, 0.05) is 17.3 Å². The molecule has 2 aromatic rings. The first-order valence-corrected chi connectivity index (χ1v) is 11.1. The molecule has 0 saturated carbocycles. The predicted molar refractivity (Wildman–Crippen MR) is 124 cm³/mol. The van der Waals surface area contributed by atoms with Crippen molar-refractivity contribution < 1.29 is 23.8 Å². The van der Waals surface area contributed by atoms with Gasteiger partial charge in [0.15, 0.2) is 11.5 Å². The quantitative estimate of drug-likeness (QED) is 0.579. The summed E-state index contributed by atoms with van der Waals surface area (Å²) in [7, 11) is 1.34. The van der Waals surface area contributed by atoms with E-state index in [9.17, 15) is 9.59 Å². The number of fused-ring (bicyclic) bond motifs is 1. The molecular formula is C24H29ClN2O5. The van der Waals surface area contributed by atoms with E-state index in [0.29, 0.717) is 48.4 Å². The van der Waals surface area contributed by atoms with Crippen LogP contribution in [0.3, 0.4) is 0 Å². The molecule has 0 aliphatic carbocycles. The topological polar surface area (TPSA) is 77.1 Å². The Hall–Kier alpha value is -2.93. The summed E-state index contributed by atoms with van der Waals surface area (Å²) in [6, 6.07) is 8.35. The Morgan fingerprint density at radius 1 is 1.12 bits per heavy atom. The molecule has 0 saturated heterocycles. The molecule has 3 rings (SSSR count). The number of nitrogens with zero attached hydrogens (tertiary/aromatic N) is 1. The summed E-state index contributed by atoms with van der Waals surface area (Å²) in [6.07, 6.45) is 0.659. The smallest absolute Gasteiger partial charge is 0.322 e. The van der Waals surface area contributed by atoms with Gasteiger partial charge in [-0.25, -0.2) is 4.79 Å². The van der Waals surface area contributed by atoms with E-state index >= 15 is 0 Å². The maximum Gasteiger partial charge on any atom is 0.322 e. The van der Waals surface area contributed by atoms with Crippen molar-refractivity contribution in [1.29, 1.82) is 0 Å². The van der Waals surface area contributed by atoms with Gasteiger partial charge in [0.2, 0.25) is 0 Å². The predicted octanol–water partition coefficient (Wildman–Crippen LogP) is 5.14. The minimum Gasteiger partial charge on any atom is -0.490 e. The number of amides is 2. The fourth-order valence-corrected chi connectivity index (χ4v) is 4.04. The number of benzene rings is 2. The number of hydrogen-bond acceptors (Lipinski definition) is 5. The molecule has 0 aromatic heterocycles. The Bertz CT molecular complexity index is 995.